The number of sulfonamides is 1. The molecule has 0 bridgehead atoms. The van der Waals surface area contributed by atoms with Crippen molar-refractivity contribution in [2.45, 2.75) is 4.90 Å². The van der Waals surface area contributed by atoms with Crippen LogP contribution in [-0.2, 0) is 10.0 Å². The van der Waals surface area contributed by atoms with Gasteiger partial charge < -0.3 is 4.98 Å². The minimum absolute atomic E-state index is 0.0727. The Kier molecular flexibility index (Phi) is 4.69. The second kappa shape index (κ2) is 7.32. The summed E-state index contributed by atoms with van der Waals surface area (Å²) in [5.41, 5.74) is 1.25. The molecule has 0 radical (unpaired) electrons. The Morgan fingerprint density at radius 1 is 1.00 bits per heavy atom. The summed E-state index contributed by atoms with van der Waals surface area (Å²) in [4.78, 5) is 23.7. The predicted octanol–water partition coefficient (Wildman–Crippen LogP) is 3.15. The zero-order chi connectivity index (χ0) is 20.4. The van der Waals surface area contributed by atoms with Crippen molar-refractivity contribution in [1.82, 2.24) is 15.0 Å². The van der Waals surface area contributed by atoms with E-state index in [1.54, 1.807) is 30.5 Å². The minimum Gasteiger partial charge on any atom is -0.322 e. The Morgan fingerprint density at radius 3 is 2.52 bits per heavy atom. The highest BCUT2D eigenvalue weighted by Crippen LogP contribution is 2.21. The highest BCUT2D eigenvalue weighted by Gasteiger charge is 2.19. The number of rotatable bonds is 5. The molecule has 2 aromatic heterocycles. The van der Waals surface area contributed by atoms with Gasteiger partial charge in [0.05, 0.1) is 21.7 Å². The molecule has 1 amide bonds. The molecular weight excluding hydrogens is 397 g/mol. The van der Waals surface area contributed by atoms with Gasteiger partial charge in [0.15, 0.2) is 5.65 Å². The van der Waals surface area contributed by atoms with E-state index in [-0.39, 0.29) is 22.1 Å². The number of halogens is 1. The lowest BCUT2D eigenvalue weighted by atomic mass is 10.2. The number of benzene rings is 2. The van der Waals surface area contributed by atoms with Crippen molar-refractivity contribution in [3.8, 4) is 0 Å². The van der Waals surface area contributed by atoms with Crippen LogP contribution in [0.2, 0.25) is 0 Å². The van der Waals surface area contributed by atoms with E-state index in [1.807, 2.05) is 0 Å². The van der Waals surface area contributed by atoms with Gasteiger partial charge in [-0.05, 0) is 48.5 Å². The first-order chi connectivity index (χ1) is 13.9. The van der Waals surface area contributed by atoms with E-state index in [9.17, 15) is 17.6 Å². The second-order valence-electron chi connectivity index (χ2n) is 6.02. The number of fused-ring (bicyclic) bond motifs is 1. The van der Waals surface area contributed by atoms with E-state index >= 15 is 0 Å². The second-order valence-corrected chi connectivity index (χ2v) is 7.70. The van der Waals surface area contributed by atoms with Gasteiger partial charge in [-0.3, -0.25) is 14.8 Å². The molecule has 0 aliphatic heterocycles. The van der Waals surface area contributed by atoms with E-state index in [1.165, 1.54) is 12.1 Å². The third-order valence-electron chi connectivity index (χ3n) is 4.03. The number of nitrogens with zero attached hydrogens (tertiary/aromatic N) is 2. The van der Waals surface area contributed by atoms with Gasteiger partial charge in [-0.25, -0.2) is 17.8 Å². The average Bonchev–Trinajstić information content (AvgIpc) is 3.10. The van der Waals surface area contributed by atoms with Crippen molar-refractivity contribution in [3.05, 3.63) is 78.2 Å². The summed E-state index contributed by atoms with van der Waals surface area (Å²) in [5.74, 6) is -0.939. The average molecular weight is 411 g/mol. The van der Waals surface area contributed by atoms with Gasteiger partial charge in [-0.2, -0.15) is 4.98 Å². The summed E-state index contributed by atoms with van der Waals surface area (Å²) in [7, 11) is -4.01. The number of pyridine rings is 1. The SMILES string of the molecule is O=C(Nc1nc2ncccc2[nH]1)c1ccccc1NS(=O)(=O)c1ccc(F)cc1. The zero-order valence-corrected chi connectivity index (χ0v) is 15.6. The maximum Gasteiger partial charge on any atom is 0.261 e. The monoisotopic (exact) mass is 411 g/mol. The largest absolute Gasteiger partial charge is 0.322 e. The van der Waals surface area contributed by atoms with Crippen molar-refractivity contribution in [3.63, 3.8) is 0 Å². The number of carbonyl (C=O) groups is 1. The molecule has 4 rings (SSSR count). The van der Waals surface area contributed by atoms with Crippen LogP contribution in [0.5, 0.6) is 0 Å². The summed E-state index contributed by atoms with van der Waals surface area (Å²) in [6, 6.07) is 14.0. The van der Waals surface area contributed by atoms with Crippen LogP contribution in [0.15, 0.2) is 71.8 Å². The fourth-order valence-electron chi connectivity index (χ4n) is 2.67. The Labute approximate surface area is 164 Å². The van der Waals surface area contributed by atoms with Crippen molar-refractivity contribution in [2.24, 2.45) is 0 Å². The summed E-state index contributed by atoms with van der Waals surface area (Å²) in [5, 5.41) is 2.59. The van der Waals surface area contributed by atoms with E-state index in [4.69, 9.17) is 0 Å². The Balaban J connectivity index is 1.60. The van der Waals surface area contributed by atoms with Crippen LogP contribution >= 0.6 is 0 Å². The van der Waals surface area contributed by atoms with E-state index in [2.05, 4.69) is 25.0 Å². The van der Waals surface area contributed by atoms with E-state index in [0.29, 0.717) is 11.2 Å². The molecule has 0 aliphatic rings. The summed E-state index contributed by atoms with van der Waals surface area (Å²) >= 11 is 0. The number of aromatic nitrogens is 3. The molecule has 0 saturated heterocycles. The smallest absolute Gasteiger partial charge is 0.261 e. The number of amides is 1. The molecule has 146 valence electrons. The predicted molar refractivity (Wildman–Crippen MR) is 105 cm³/mol. The topological polar surface area (TPSA) is 117 Å². The molecule has 0 aliphatic carbocycles. The molecule has 29 heavy (non-hydrogen) atoms. The van der Waals surface area contributed by atoms with Gasteiger partial charge in [-0.15, -0.1) is 0 Å². The molecule has 2 heterocycles. The molecule has 0 unspecified atom stereocenters. The van der Waals surface area contributed by atoms with Gasteiger partial charge in [0.2, 0.25) is 5.95 Å². The number of imidazole rings is 1. The first-order valence-corrected chi connectivity index (χ1v) is 9.90. The lowest BCUT2D eigenvalue weighted by Gasteiger charge is -2.12. The van der Waals surface area contributed by atoms with Crippen LogP contribution in [0.4, 0.5) is 16.0 Å². The summed E-state index contributed by atoms with van der Waals surface area (Å²) in [6.45, 7) is 0. The zero-order valence-electron chi connectivity index (χ0n) is 14.8. The summed E-state index contributed by atoms with van der Waals surface area (Å²) < 4.78 is 40.6. The summed E-state index contributed by atoms with van der Waals surface area (Å²) in [6.07, 6.45) is 1.58. The molecule has 0 atom stereocenters. The van der Waals surface area contributed by atoms with Crippen LogP contribution in [0.1, 0.15) is 10.4 Å². The van der Waals surface area contributed by atoms with Crippen molar-refractivity contribution >= 4 is 38.7 Å². The molecule has 0 saturated carbocycles. The molecular formula is C19H14FN5O3S. The first kappa shape index (κ1) is 18.6. The molecule has 0 fully saturated rings. The van der Waals surface area contributed by atoms with Crippen molar-refractivity contribution in [1.29, 1.82) is 0 Å². The lowest BCUT2D eigenvalue weighted by Crippen LogP contribution is -2.19. The number of H-pyrrole nitrogens is 1. The van der Waals surface area contributed by atoms with E-state index < -0.39 is 21.7 Å². The maximum absolute atomic E-state index is 13.1. The maximum atomic E-state index is 13.1. The number of anilines is 2. The normalized spacial score (nSPS) is 11.3. The third kappa shape index (κ3) is 3.92. The van der Waals surface area contributed by atoms with Gasteiger partial charge >= 0.3 is 0 Å². The number of para-hydroxylation sites is 1. The molecule has 4 aromatic rings. The van der Waals surface area contributed by atoms with Crippen molar-refractivity contribution < 1.29 is 17.6 Å². The number of hydrogen-bond acceptors (Lipinski definition) is 5. The number of aromatic amines is 1. The Hall–Kier alpha value is -3.79. The van der Waals surface area contributed by atoms with Gasteiger partial charge in [-0.1, -0.05) is 12.1 Å². The van der Waals surface area contributed by atoms with E-state index in [0.717, 1.165) is 24.3 Å². The number of hydrogen-bond donors (Lipinski definition) is 3. The van der Waals surface area contributed by atoms with Gasteiger partial charge in [0.25, 0.3) is 15.9 Å². The number of carbonyl (C=O) groups excluding carboxylic acids is 1. The molecule has 8 nitrogen and oxygen atoms in total. The Morgan fingerprint density at radius 2 is 1.76 bits per heavy atom. The van der Waals surface area contributed by atoms with Crippen LogP contribution in [-0.4, -0.2) is 29.3 Å². The fraction of sp³-hybridized carbons (Fsp3) is 0. The Bertz CT molecular complexity index is 1270. The standard InChI is InChI=1S/C19H14FN5O3S/c20-12-7-9-13(10-8-12)29(27,28)25-15-5-2-1-4-14(15)18(26)24-19-22-16-6-3-11-21-17(16)23-19/h1-11,25H,(H2,21,22,23,24,26). The first-order valence-electron chi connectivity index (χ1n) is 8.42. The third-order valence-corrected chi connectivity index (χ3v) is 5.41. The molecule has 0 spiro atoms. The van der Waals surface area contributed by atoms with Gasteiger partial charge in [0, 0.05) is 6.20 Å². The lowest BCUT2D eigenvalue weighted by molar-refractivity contribution is 0.102. The quantitative estimate of drug-likeness (QED) is 0.466. The van der Waals surface area contributed by atoms with Crippen molar-refractivity contribution in [2.75, 3.05) is 10.0 Å². The molecule has 10 heteroatoms. The van der Waals surface area contributed by atoms with Gasteiger partial charge in [0.1, 0.15) is 5.82 Å². The molecule has 2 aromatic carbocycles. The minimum atomic E-state index is -4.01. The van der Waals surface area contributed by atoms with Crippen LogP contribution in [0.3, 0.4) is 0 Å². The number of nitrogens with one attached hydrogen (secondary N) is 3. The highest BCUT2D eigenvalue weighted by molar-refractivity contribution is 7.92. The fourth-order valence-corrected chi connectivity index (χ4v) is 3.75. The highest BCUT2D eigenvalue weighted by atomic mass is 32.2. The van der Waals surface area contributed by atoms with Crippen LogP contribution < -0.4 is 10.0 Å². The van der Waals surface area contributed by atoms with Crippen LogP contribution in [0, 0.1) is 5.82 Å². The molecule has 3 N–H and O–H groups in total. The van der Waals surface area contributed by atoms with Crippen LogP contribution in [0.25, 0.3) is 11.2 Å².